The van der Waals surface area contributed by atoms with Crippen LogP contribution in [0.2, 0.25) is 0 Å². The Morgan fingerprint density at radius 2 is 2.17 bits per heavy atom. The van der Waals surface area contributed by atoms with Gasteiger partial charge in [0.05, 0.1) is 5.69 Å². The molecule has 0 bridgehead atoms. The van der Waals surface area contributed by atoms with Crippen molar-refractivity contribution in [2.24, 2.45) is 0 Å². The molecule has 18 heavy (non-hydrogen) atoms. The molecule has 0 atom stereocenters. The summed E-state index contributed by atoms with van der Waals surface area (Å²) in [4.78, 5) is 16.0. The number of hydrogen-bond donors (Lipinski definition) is 2. The van der Waals surface area contributed by atoms with Crippen LogP contribution in [0.5, 0.6) is 0 Å². The predicted molar refractivity (Wildman–Crippen MR) is 75.5 cm³/mol. The van der Waals surface area contributed by atoms with E-state index in [1.807, 2.05) is 13.0 Å². The number of benzene rings is 1. The first-order valence-electron chi connectivity index (χ1n) is 5.36. The molecule has 1 aromatic heterocycles. The Morgan fingerprint density at radius 3 is 2.83 bits per heavy atom. The molecule has 0 aliphatic rings. The monoisotopic (exact) mass is 305 g/mol. The number of carbonyl (C=O) groups excluding carboxylic acids is 1. The molecule has 2 rings (SSSR count). The van der Waals surface area contributed by atoms with Gasteiger partial charge in [-0.1, -0.05) is 15.9 Å². The second-order valence-corrected chi connectivity index (χ2v) is 4.71. The van der Waals surface area contributed by atoms with E-state index in [1.54, 1.807) is 30.5 Å². The maximum atomic E-state index is 12.0. The molecule has 1 amide bonds. The van der Waals surface area contributed by atoms with E-state index in [9.17, 15) is 4.79 Å². The number of nitrogens with two attached hydrogens (primary N) is 1. The molecular weight excluding hydrogens is 294 g/mol. The Hall–Kier alpha value is -1.88. The molecule has 0 fully saturated rings. The van der Waals surface area contributed by atoms with Crippen LogP contribution in [0.3, 0.4) is 0 Å². The lowest BCUT2D eigenvalue weighted by Crippen LogP contribution is -2.14. The number of anilines is 2. The largest absolute Gasteiger partial charge is 0.396 e. The number of pyridine rings is 1. The summed E-state index contributed by atoms with van der Waals surface area (Å²) in [6.45, 7) is 1.93. The third kappa shape index (κ3) is 2.68. The van der Waals surface area contributed by atoms with Crippen molar-refractivity contribution in [3.8, 4) is 0 Å². The van der Waals surface area contributed by atoms with E-state index in [1.165, 1.54) is 0 Å². The Morgan fingerprint density at radius 1 is 1.39 bits per heavy atom. The van der Waals surface area contributed by atoms with Gasteiger partial charge in [-0.3, -0.25) is 4.79 Å². The standard InChI is InChI=1S/C13H12BrN3O/c1-8-7-9(4-5-10(8)14)13(18)17-12-11(15)3-2-6-16-12/h2-7H,15H2,1H3,(H,16,17,18). The van der Waals surface area contributed by atoms with Crippen LogP contribution < -0.4 is 11.1 Å². The fraction of sp³-hybridized carbons (Fsp3) is 0.0769. The number of rotatable bonds is 2. The zero-order chi connectivity index (χ0) is 13.1. The second-order valence-electron chi connectivity index (χ2n) is 3.86. The SMILES string of the molecule is Cc1cc(C(=O)Nc2ncccc2N)ccc1Br. The average molecular weight is 306 g/mol. The van der Waals surface area contributed by atoms with Crippen LogP contribution in [-0.4, -0.2) is 10.9 Å². The van der Waals surface area contributed by atoms with Crippen molar-refractivity contribution in [3.05, 3.63) is 52.1 Å². The van der Waals surface area contributed by atoms with Crippen LogP contribution in [-0.2, 0) is 0 Å². The van der Waals surface area contributed by atoms with E-state index in [0.29, 0.717) is 17.1 Å². The predicted octanol–water partition coefficient (Wildman–Crippen LogP) is 2.99. The van der Waals surface area contributed by atoms with Gasteiger partial charge < -0.3 is 11.1 Å². The van der Waals surface area contributed by atoms with Gasteiger partial charge in [-0.05, 0) is 42.8 Å². The van der Waals surface area contributed by atoms with Crippen LogP contribution in [0.4, 0.5) is 11.5 Å². The van der Waals surface area contributed by atoms with Gasteiger partial charge >= 0.3 is 0 Å². The third-order valence-corrected chi connectivity index (χ3v) is 3.38. The summed E-state index contributed by atoms with van der Waals surface area (Å²) in [5.41, 5.74) is 7.73. The number of nitrogens with zero attached hydrogens (tertiary/aromatic N) is 1. The number of amides is 1. The molecule has 0 saturated heterocycles. The maximum absolute atomic E-state index is 12.0. The summed E-state index contributed by atoms with van der Waals surface area (Å²) >= 11 is 3.39. The van der Waals surface area contributed by atoms with E-state index in [2.05, 4.69) is 26.2 Å². The van der Waals surface area contributed by atoms with Crippen LogP contribution in [0.25, 0.3) is 0 Å². The zero-order valence-corrected chi connectivity index (χ0v) is 11.4. The highest BCUT2D eigenvalue weighted by Gasteiger charge is 2.09. The molecule has 1 aromatic carbocycles. The average Bonchev–Trinajstić information content (AvgIpc) is 2.35. The van der Waals surface area contributed by atoms with E-state index in [-0.39, 0.29) is 5.91 Å². The van der Waals surface area contributed by atoms with Crippen molar-refractivity contribution in [3.63, 3.8) is 0 Å². The van der Waals surface area contributed by atoms with Crippen LogP contribution >= 0.6 is 15.9 Å². The summed E-state index contributed by atoms with van der Waals surface area (Å²) in [6, 6.07) is 8.79. The highest BCUT2D eigenvalue weighted by Crippen LogP contribution is 2.19. The number of nitrogen functional groups attached to an aromatic ring is 1. The van der Waals surface area contributed by atoms with Gasteiger partial charge in [-0.15, -0.1) is 0 Å². The van der Waals surface area contributed by atoms with Gasteiger partial charge in [0.15, 0.2) is 5.82 Å². The van der Waals surface area contributed by atoms with Crippen molar-refractivity contribution >= 4 is 33.3 Å². The second kappa shape index (κ2) is 5.18. The molecule has 4 nitrogen and oxygen atoms in total. The van der Waals surface area contributed by atoms with Gasteiger partial charge in [0, 0.05) is 16.2 Å². The lowest BCUT2D eigenvalue weighted by Gasteiger charge is -2.07. The van der Waals surface area contributed by atoms with Gasteiger partial charge in [0.2, 0.25) is 0 Å². The first-order valence-corrected chi connectivity index (χ1v) is 6.15. The minimum atomic E-state index is -0.226. The molecule has 0 unspecified atom stereocenters. The molecule has 0 aliphatic carbocycles. The quantitative estimate of drug-likeness (QED) is 0.896. The van der Waals surface area contributed by atoms with Crippen LogP contribution in [0, 0.1) is 6.92 Å². The smallest absolute Gasteiger partial charge is 0.256 e. The summed E-state index contributed by atoms with van der Waals surface area (Å²) in [7, 11) is 0. The highest BCUT2D eigenvalue weighted by atomic mass is 79.9. The first-order chi connectivity index (χ1) is 8.58. The molecule has 0 spiro atoms. The molecule has 5 heteroatoms. The van der Waals surface area contributed by atoms with Gasteiger partial charge in [0.1, 0.15) is 0 Å². The summed E-state index contributed by atoms with van der Waals surface area (Å²) in [6.07, 6.45) is 1.58. The minimum absolute atomic E-state index is 0.226. The fourth-order valence-electron chi connectivity index (χ4n) is 1.49. The Balaban J connectivity index is 2.22. The Kier molecular flexibility index (Phi) is 3.62. The summed E-state index contributed by atoms with van der Waals surface area (Å²) in [5.74, 6) is 0.152. The molecule has 0 radical (unpaired) electrons. The minimum Gasteiger partial charge on any atom is -0.396 e. The number of aryl methyl sites for hydroxylation is 1. The highest BCUT2D eigenvalue weighted by molar-refractivity contribution is 9.10. The number of halogens is 1. The number of nitrogens with one attached hydrogen (secondary N) is 1. The maximum Gasteiger partial charge on any atom is 0.256 e. The van der Waals surface area contributed by atoms with E-state index in [4.69, 9.17) is 5.73 Å². The molecule has 0 saturated carbocycles. The molecular formula is C13H12BrN3O. The van der Waals surface area contributed by atoms with E-state index in [0.717, 1.165) is 10.0 Å². The fourth-order valence-corrected chi connectivity index (χ4v) is 1.73. The Bertz CT molecular complexity index is 599. The lowest BCUT2D eigenvalue weighted by atomic mass is 10.1. The van der Waals surface area contributed by atoms with Crippen molar-refractivity contribution in [1.82, 2.24) is 4.98 Å². The van der Waals surface area contributed by atoms with E-state index < -0.39 is 0 Å². The normalized spacial score (nSPS) is 10.1. The summed E-state index contributed by atoms with van der Waals surface area (Å²) < 4.78 is 0.969. The molecule has 3 N–H and O–H groups in total. The number of aromatic nitrogens is 1. The van der Waals surface area contributed by atoms with Crippen LogP contribution in [0.15, 0.2) is 41.0 Å². The van der Waals surface area contributed by atoms with Crippen molar-refractivity contribution in [2.75, 3.05) is 11.1 Å². The molecule has 2 aromatic rings. The zero-order valence-electron chi connectivity index (χ0n) is 9.77. The van der Waals surface area contributed by atoms with Gasteiger partial charge in [-0.25, -0.2) is 4.98 Å². The van der Waals surface area contributed by atoms with E-state index >= 15 is 0 Å². The summed E-state index contributed by atoms with van der Waals surface area (Å²) in [5, 5.41) is 2.68. The molecule has 0 aliphatic heterocycles. The van der Waals surface area contributed by atoms with Gasteiger partial charge in [0.25, 0.3) is 5.91 Å². The number of carbonyl (C=O) groups is 1. The Labute approximate surface area is 113 Å². The van der Waals surface area contributed by atoms with Crippen molar-refractivity contribution in [2.45, 2.75) is 6.92 Å². The topological polar surface area (TPSA) is 68.0 Å². The third-order valence-electron chi connectivity index (χ3n) is 2.49. The lowest BCUT2D eigenvalue weighted by molar-refractivity contribution is 0.102. The molecule has 1 heterocycles. The first kappa shape index (κ1) is 12.6. The number of hydrogen-bond acceptors (Lipinski definition) is 3. The van der Waals surface area contributed by atoms with Crippen LogP contribution in [0.1, 0.15) is 15.9 Å². The van der Waals surface area contributed by atoms with Crippen molar-refractivity contribution < 1.29 is 4.79 Å². The molecule has 92 valence electrons. The van der Waals surface area contributed by atoms with Crippen molar-refractivity contribution in [1.29, 1.82) is 0 Å². The van der Waals surface area contributed by atoms with Gasteiger partial charge in [-0.2, -0.15) is 0 Å².